The van der Waals surface area contributed by atoms with Gasteiger partial charge in [0.25, 0.3) is 0 Å². The number of hydrogen-bond donors (Lipinski definition) is 9. The fourth-order valence-corrected chi connectivity index (χ4v) is 12.6. The van der Waals surface area contributed by atoms with Crippen LogP contribution >= 0.6 is 0 Å². The molecule has 19 unspecified atom stereocenters. The number of aliphatic hydroxyl groups is 9. The third-order valence-electron chi connectivity index (χ3n) is 16.5. The Kier molecular flexibility index (Phi) is 12.5. The summed E-state index contributed by atoms with van der Waals surface area (Å²) in [5.41, 5.74) is -1.31. The van der Waals surface area contributed by atoms with Gasteiger partial charge < -0.3 is 64.9 Å². The van der Waals surface area contributed by atoms with E-state index in [0.29, 0.717) is 19.3 Å². The highest BCUT2D eigenvalue weighted by Gasteiger charge is 2.70. The van der Waals surface area contributed by atoms with Gasteiger partial charge in [-0.2, -0.15) is 0 Å². The molecule has 0 spiro atoms. The van der Waals surface area contributed by atoms with E-state index in [1.807, 2.05) is 0 Å². The first-order chi connectivity index (χ1) is 26.0. The minimum atomic E-state index is -1.60. The van der Waals surface area contributed by atoms with E-state index < -0.39 is 97.2 Å². The molecule has 2 aliphatic heterocycles. The Hall–Kier alpha value is -1.11. The Morgan fingerprint density at radius 2 is 1.39 bits per heavy atom. The summed E-state index contributed by atoms with van der Waals surface area (Å²) in [4.78, 5) is 13.6. The molecule has 14 heteroatoms. The monoisotopic (exact) mass is 798 g/mol. The van der Waals surface area contributed by atoms with Gasteiger partial charge in [-0.3, -0.25) is 4.79 Å². The molecule has 0 aromatic rings. The molecule has 0 radical (unpaired) electrons. The number of hydrogen-bond acceptors (Lipinski definition) is 14. The lowest BCUT2D eigenvalue weighted by Crippen LogP contribution is -2.65. The van der Waals surface area contributed by atoms with Gasteiger partial charge in [-0.25, -0.2) is 0 Å². The molecule has 2 heterocycles. The van der Waals surface area contributed by atoms with Crippen LogP contribution < -0.4 is 0 Å². The molecule has 0 amide bonds. The van der Waals surface area contributed by atoms with Crippen molar-refractivity contribution in [3.05, 3.63) is 11.6 Å². The third kappa shape index (κ3) is 6.97. The average Bonchev–Trinajstić information content (AvgIpc) is 3.41. The van der Waals surface area contributed by atoms with E-state index >= 15 is 0 Å². The zero-order valence-corrected chi connectivity index (χ0v) is 34.5. The lowest BCUT2D eigenvalue weighted by Gasteiger charge is -2.67. The molecular formula is C42H70O14. The summed E-state index contributed by atoms with van der Waals surface area (Å²) in [6.07, 6.45) is -6.95. The zero-order chi connectivity index (χ0) is 41.5. The summed E-state index contributed by atoms with van der Waals surface area (Å²) in [6.45, 7) is 15.5. The molecule has 5 fully saturated rings. The van der Waals surface area contributed by atoms with Gasteiger partial charge >= 0.3 is 0 Å². The van der Waals surface area contributed by atoms with Gasteiger partial charge in [-0.15, -0.1) is 0 Å². The molecule has 9 N–H and O–H groups in total. The Balaban J connectivity index is 1.14. The van der Waals surface area contributed by atoms with Gasteiger partial charge in [0.1, 0.15) is 54.4 Å². The van der Waals surface area contributed by atoms with Crippen molar-refractivity contribution in [3.8, 4) is 0 Å². The summed E-state index contributed by atoms with van der Waals surface area (Å²) >= 11 is 0. The number of aliphatic hydroxyl groups excluding tert-OH is 9. The van der Waals surface area contributed by atoms with Crippen LogP contribution in [0, 0.1) is 45.3 Å². The van der Waals surface area contributed by atoms with Crippen LogP contribution in [0.4, 0.5) is 0 Å². The quantitative estimate of drug-likeness (QED) is 0.134. The summed E-state index contributed by atoms with van der Waals surface area (Å²) < 4.78 is 23.5. The minimum absolute atomic E-state index is 0.0781. The normalized spacial score (nSPS) is 49.7. The lowest BCUT2D eigenvalue weighted by atomic mass is 9.38. The summed E-state index contributed by atoms with van der Waals surface area (Å²) in [5.74, 6) is 0.540. The molecule has 322 valence electrons. The Morgan fingerprint density at radius 1 is 0.821 bits per heavy atom. The van der Waals surface area contributed by atoms with Crippen LogP contribution in [0.15, 0.2) is 11.6 Å². The van der Waals surface area contributed by atoms with Gasteiger partial charge in [0.15, 0.2) is 18.4 Å². The van der Waals surface area contributed by atoms with E-state index in [2.05, 4.69) is 47.6 Å². The summed E-state index contributed by atoms with van der Waals surface area (Å²) in [5, 5.41) is 94.0. The predicted molar refractivity (Wildman–Crippen MR) is 201 cm³/mol. The predicted octanol–water partition coefficient (Wildman–Crippen LogP) is 1.33. The number of Topliss-reactive ketones (excluding diaryl/α,β-unsaturated/α-hetero) is 1. The molecular weight excluding hydrogens is 728 g/mol. The fourth-order valence-electron chi connectivity index (χ4n) is 12.6. The number of ether oxygens (including phenoxy) is 4. The second-order valence-corrected chi connectivity index (χ2v) is 20.0. The molecule has 6 aliphatic rings. The van der Waals surface area contributed by atoms with E-state index in [-0.39, 0.29) is 52.8 Å². The SMILES string of the molecule is CC(CCC(=O)C(C)(C)OC1OC(CO)C(O)C(O)C1O)C1CCC2(C)C3CC=C4C(CCC(OC5OC(CO)C(O)C(O)C5O)C4(C)C)C3(C)C(O)CC12C. The van der Waals surface area contributed by atoms with Crippen molar-refractivity contribution in [2.45, 2.75) is 186 Å². The van der Waals surface area contributed by atoms with Gasteiger partial charge in [0.05, 0.1) is 25.4 Å². The fraction of sp³-hybridized carbons (Fsp3) is 0.929. The number of allylic oxidation sites excluding steroid dienone is 1. The maximum atomic E-state index is 13.6. The number of ketones is 1. The van der Waals surface area contributed by atoms with Crippen LogP contribution in [0.1, 0.15) is 107 Å². The topological polar surface area (TPSA) is 236 Å². The smallest absolute Gasteiger partial charge is 0.187 e. The van der Waals surface area contributed by atoms with Gasteiger partial charge in [0, 0.05) is 17.3 Å². The van der Waals surface area contributed by atoms with Crippen molar-refractivity contribution in [2.75, 3.05) is 13.2 Å². The number of carbonyl (C=O) groups is 1. The van der Waals surface area contributed by atoms with Crippen LogP contribution in [-0.2, 0) is 23.7 Å². The molecule has 56 heavy (non-hydrogen) atoms. The van der Waals surface area contributed by atoms with Crippen molar-refractivity contribution in [2.24, 2.45) is 45.3 Å². The van der Waals surface area contributed by atoms with Crippen LogP contribution in [0.2, 0.25) is 0 Å². The highest BCUT2D eigenvalue weighted by Crippen LogP contribution is 2.75. The summed E-state index contributed by atoms with van der Waals surface area (Å²) in [6, 6.07) is 0. The van der Waals surface area contributed by atoms with E-state index in [4.69, 9.17) is 18.9 Å². The average molecular weight is 799 g/mol. The number of carbonyl (C=O) groups excluding carboxylic acids is 1. The maximum absolute atomic E-state index is 13.6. The van der Waals surface area contributed by atoms with E-state index in [9.17, 15) is 50.8 Å². The molecule has 0 bridgehead atoms. The van der Waals surface area contributed by atoms with Crippen LogP contribution in [0.5, 0.6) is 0 Å². The maximum Gasteiger partial charge on any atom is 0.187 e. The number of fused-ring (bicyclic) bond motifs is 5. The molecule has 0 aromatic carbocycles. The molecule has 19 atom stereocenters. The zero-order valence-electron chi connectivity index (χ0n) is 34.5. The van der Waals surface area contributed by atoms with Crippen molar-refractivity contribution >= 4 is 5.78 Å². The molecule has 4 aliphatic carbocycles. The van der Waals surface area contributed by atoms with Gasteiger partial charge in [-0.05, 0) is 93.3 Å². The van der Waals surface area contributed by atoms with Crippen molar-refractivity contribution in [1.82, 2.24) is 0 Å². The number of rotatable bonds is 11. The minimum Gasteiger partial charge on any atom is -0.394 e. The first-order valence-electron chi connectivity index (χ1n) is 20.9. The highest BCUT2D eigenvalue weighted by atomic mass is 16.7. The van der Waals surface area contributed by atoms with Crippen molar-refractivity contribution in [1.29, 1.82) is 0 Å². The van der Waals surface area contributed by atoms with Crippen molar-refractivity contribution < 1.29 is 69.7 Å². The first-order valence-corrected chi connectivity index (χ1v) is 20.9. The van der Waals surface area contributed by atoms with Gasteiger partial charge in [-0.1, -0.05) is 53.2 Å². The Bertz CT molecular complexity index is 1450. The van der Waals surface area contributed by atoms with Crippen LogP contribution in [0.25, 0.3) is 0 Å². The molecule has 0 aromatic heterocycles. The second-order valence-electron chi connectivity index (χ2n) is 20.0. The van der Waals surface area contributed by atoms with E-state index in [0.717, 1.165) is 25.7 Å². The molecule has 6 rings (SSSR count). The van der Waals surface area contributed by atoms with Crippen LogP contribution in [-0.4, -0.2) is 144 Å². The molecule has 3 saturated carbocycles. The molecule has 2 saturated heterocycles. The second kappa shape index (κ2) is 15.7. The summed E-state index contributed by atoms with van der Waals surface area (Å²) in [7, 11) is 0. The van der Waals surface area contributed by atoms with Gasteiger partial charge in [0.2, 0.25) is 0 Å². The highest BCUT2D eigenvalue weighted by molar-refractivity contribution is 5.86. The Morgan fingerprint density at radius 3 is 1.98 bits per heavy atom. The van der Waals surface area contributed by atoms with E-state index in [1.165, 1.54) is 5.57 Å². The standard InChI is InChI=1S/C42H70O14/c1-20(9-13-27(45)39(4,5)56-37-35(52)33(50)31(48)25(19-44)54-37)21-15-16-40(6)26-12-10-22-23(42(26,8)28(46)17-41(21,40)7)11-14-29(38(22,2)3)55-36-34(51)32(49)30(47)24(18-43)53-36/h10,20-21,23-26,28-37,43-44,46-52H,9,11-19H2,1-8H3. The van der Waals surface area contributed by atoms with E-state index in [1.54, 1.807) is 13.8 Å². The van der Waals surface area contributed by atoms with Crippen molar-refractivity contribution in [3.63, 3.8) is 0 Å². The molecule has 14 nitrogen and oxygen atoms in total. The first kappa shape index (κ1) is 44.4. The van der Waals surface area contributed by atoms with Crippen LogP contribution in [0.3, 0.4) is 0 Å². The lowest BCUT2D eigenvalue weighted by molar-refractivity contribution is -0.320. The Labute approximate surface area is 331 Å². The third-order valence-corrected chi connectivity index (χ3v) is 16.5. The largest absolute Gasteiger partial charge is 0.394 e.